The highest BCUT2D eigenvalue weighted by atomic mass is 19.3. The number of methoxy groups -OCH3 is 1. The third-order valence-electron chi connectivity index (χ3n) is 5.23. The highest BCUT2D eigenvalue weighted by Gasteiger charge is 2.42. The van der Waals surface area contributed by atoms with Crippen LogP contribution in [0.1, 0.15) is 51.5 Å². The number of alkyl halides is 2. The summed E-state index contributed by atoms with van der Waals surface area (Å²) in [5, 5.41) is 0. The Hall–Kier alpha value is -2.58. The highest BCUT2D eigenvalue weighted by Crippen LogP contribution is 2.39. The lowest BCUT2D eigenvalue weighted by Gasteiger charge is -2.27. The van der Waals surface area contributed by atoms with E-state index in [4.69, 9.17) is 14.2 Å². The fourth-order valence-corrected chi connectivity index (χ4v) is 3.54. The predicted octanol–water partition coefficient (Wildman–Crippen LogP) is 4.34. The number of benzene rings is 1. The fraction of sp³-hybridized carbons (Fsp3) is 0.636. The summed E-state index contributed by atoms with van der Waals surface area (Å²) < 4.78 is 46.2. The van der Waals surface area contributed by atoms with E-state index in [9.17, 15) is 18.4 Å². The van der Waals surface area contributed by atoms with Crippen molar-refractivity contribution in [1.29, 1.82) is 0 Å². The van der Waals surface area contributed by atoms with Gasteiger partial charge < -0.3 is 18.9 Å². The smallest absolute Gasteiger partial charge is 0.411 e. The Morgan fingerprint density at radius 2 is 1.90 bits per heavy atom. The van der Waals surface area contributed by atoms with Crippen molar-refractivity contribution in [3.8, 4) is 11.5 Å². The zero-order valence-electron chi connectivity index (χ0n) is 18.2. The average Bonchev–Trinajstić information content (AvgIpc) is 3.40. The summed E-state index contributed by atoms with van der Waals surface area (Å²) in [6.45, 7) is 2.94. The zero-order valence-corrected chi connectivity index (χ0v) is 18.2. The van der Waals surface area contributed by atoms with E-state index in [2.05, 4.69) is 4.74 Å². The number of carbonyl (C=O) groups is 2. The molecule has 0 aromatic heterocycles. The molecule has 3 rings (SSSR count). The van der Waals surface area contributed by atoms with Crippen LogP contribution in [0.15, 0.2) is 18.2 Å². The van der Waals surface area contributed by atoms with Crippen molar-refractivity contribution in [2.75, 3.05) is 20.3 Å². The molecule has 2 fully saturated rings. The molecule has 1 heterocycles. The van der Waals surface area contributed by atoms with Crippen molar-refractivity contribution in [2.45, 2.75) is 64.2 Å². The van der Waals surface area contributed by atoms with E-state index in [1.165, 1.54) is 18.1 Å². The Morgan fingerprint density at radius 3 is 2.48 bits per heavy atom. The Labute approximate surface area is 180 Å². The zero-order chi connectivity index (χ0) is 22.8. The van der Waals surface area contributed by atoms with Crippen LogP contribution in [-0.4, -0.2) is 55.5 Å². The topological polar surface area (TPSA) is 74.3 Å². The van der Waals surface area contributed by atoms with E-state index in [0.717, 1.165) is 18.4 Å². The van der Waals surface area contributed by atoms with Gasteiger partial charge in [-0.2, -0.15) is 8.78 Å². The number of esters is 1. The molecule has 0 spiro atoms. The molecule has 1 aliphatic carbocycles. The number of hydrogen-bond acceptors (Lipinski definition) is 6. The number of hydrogen-bond donors (Lipinski definition) is 0. The predicted molar refractivity (Wildman–Crippen MR) is 107 cm³/mol. The lowest BCUT2D eigenvalue weighted by atomic mass is 9.96. The summed E-state index contributed by atoms with van der Waals surface area (Å²) in [6.07, 6.45) is 1.83. The molecule has 2 aliphatic rings. The van der Waals surface area contributed by atoms with E-state index in [0.29, 0.717) is 18.9 Å². The summed E-state index contributed by atoms with van der Waals surface area (Å²) in [4.78, 5) is 26.3. The van der Waals surface area contributed by atoms with Gasteiger partial charge in [0.1, 0.15) is 11.6 Å². The van der Waals surface area contributed by atoms with Gasteiger partial charge in [-0.15, -0.1) is 0 Å². The van der Waals surface area contributed by atoms with Crippen LogP contribution in [0.4, 0.5) is 13.6 Å². The van der Waals surface area contributed by atoms with E-state index in [-0.39, 0.29) is 24.0 Å². The summed E-state index contributed by atoms with van der Waals surface area (Å²) in [6, 6.07) is 3.95. The van der Waals surface area contributed by atoms with Crippen LogP contribution in [-0.2, 0) is 14.3 Å². The van der Waals surface area contributed by atoms with E-state index >= 15 is 0 Å². The minimum Gasteiger partial charge on any atom is -0.489 e. The van der Waals surface area contributed by atoms with E-state index in [1.54, 1.807) is 32.9 Å². The third-order valence-corrected chi connectivity index (χ3v) is 5.23. The third kappa shape index (κ3) is 6.21. The fourth-order valence-electron chi connectivity index (χ4n) is 3.54. The molecular weight excluding hydrogens is 412 g/mol. The Balaban J connectivity index is 1.82. The summed E-state index contributed by atoms with van der Waals surface area (Å²) in [5.41, 5.74) is 0.0425. The molecule has 9 heteroatoms. The number of rotatable bonds is 7. The number of halogens is 2. The molecule has 1 unspecified atom stereocenters. The molecule has 2 atom stereocenters. The molecule has 0 bridgehead atoms. The molecule has 0 radical (unpaired) electrons. The molecule has 0 N–H and O–H groups in total. The van der Waals surface area contributed by atoms with Crippen molar-refractivity contribution in [2.24, 2.45) is 5.92 Å². The van der Waals surface area contributed by atoms with Crippen molar-refractivity contribution in [1.82, 2.24) is 4.90 Å². The van der Waals surface area contributed by atoms with Gasteiger partial charge in [0.15, 0.2) is 11.5 Å². The van der Waals surface area contributed by atoms with Crippen molar-refractivity contribution < 1.29 is 37.3 Å². The SMILES string of the molecule is COC(=O)[C@@H]1CC(c2ccc(OC(F)F)c(OCC3CC3)c2)CN1C(=O)OC(C)(C)C. The second-order valence-corrected chi connectivity index (χ2v) is 8.94. The lowest BCUT2D eigenvalue weighted by molar-refractivity contribution is -0.145. The van der Waals surface area contributed by atoms with E-state index in [1.807, 2.05) is 0 Å². The van der Waals surface area contributed by atoms with Gasteiger partial charge in [-0.25, -0.2) is 9.59 Å². The lowest BCUT2D eigenvalue weighted by Crippen LogP contribution is -2.43. The maximum absolute atomic E-state index is 12.8. The Morgan fingerprint density at radius 1 is 1.19 bits per heavy atom. The minimum atomic E-state index is -2.97. The van der Waals surface area contributed by atoms with Gasteiger partial charge >= 0.3 is 18.7 Å². The van der Waals surface area contributed by atoms with Gasteiger partial charge in [0, 0.05) is 12.5 Å². The maximum atomic E-state index is 12.8. The average molecular weight is 441 g/mol. The standard InChI is InChI=1S/C22H29F2NO6/c1-22(2,3)31-21(27)25-11-15(9-16(25)19(26)28-4)14-7-8-17(30-20(23)24)18(10-14)29-12-13-5-6-13/h7-8,10,13,15-16,20H,5-6,9,11-12H2,1-4H3/t15?,16-/m0/s1. The highest BCUT2D eigenvalue weighted by molar-refractivity contribution is 5.82. The molecule has 31 heavy (non-hydrogen) atoms. The second kappa shape index (κ2) is 9.28. The van der Waals surface area contributed by atoms with Crippen LogP contribution in [0, 0.1) is 5.92 Å². The molecular formula is C22H29F2NO6. The molecule has 7 nitrogen and oxygen atoms in total. The second-order valence-electron chi connectivity index (χ2n) is 8.94. The van der Waals surface area contributed by atoms with Gasteiger partial charge in [-0.05, 0) is 63.6 Å². The first-order chi connectivity index (χ1) is 14.6. The maximum Gasteiger partial charge on any atom is 0.411 e. The van der Waals surface area contributed by atoms with Crippen LogP contribution in [0.5, 0.6) is 11.5 Å². The molecule has 1 aromatic carbocycles. The van der Waals surface area contributed by atoms with Gasteiger partial charge in [0.2, 0.25) is 0 Å². The first-order valence-electron chi connectivity index (χ1n) is 10.4. The van der Waals surface area contributed by atoms with Crippen LogP contribution in [0.2, 0.25) is 0 Å². The molecule has 1 amide bonds. The van der Waals surface area contributed by atoms with Crippen LogP contribution < -0.4 is 9.47 Å². The van der Waals surface area contributed by atoms with Crippen molar-refractivity contribution in [3.05, 3.63) is 23.8 Å². The summed E-state index contributed by atoms with van der Waals surface area (Å²) >= 11 is 0. The van der Waals surface area contributed by atoms with Crippen LogP contribution in [0.3, 0.4) is 0 Å². The first-order valence-corrected chi connectivity index (χ1v) is 10.4. The normalized spacial score (nSPS) is 21.2. The number of amides is 1. The van der Waals surface area contributed by atoms with Gasteiger partial charge in [-0.1, -0.05) is 6.07 Å². The van der Waals surface area contributed by atoms with E-state index < -0.39 is 30.3 Å². The molecule has 1 saturated carbocycles. The van der Waals surface area contributed by atoms with Gasteiger partial charge in [0.25, 0.3) is 0 Å². The number of likely N-dealkylation sites (tertiary alicyclic amines) is 1. The minimum absolute atomic E-state index is 0.0362. The number of carbonyl (C=O) groups excluding carboxylic acids is 2. The van der Waals surface area contributed by atoms with Gasteiger partial charge in [0.05, 0.1) is 13.7 Å². The molecule has 1 aliphatic heterocycles. The summed E-state index contributed by atoms with van der Waals surface area (Å²) in [5.74, 6) is -0.126. The molecule has 1 aromatic rings. The van der Waals surface area contributed by atoms with Crippen LogP contribution >= 0.6 is 0 Å². The Bertz CT molecular complexity index is 806. The largest absolute Gasteiger partial charge is 0.489 e. The Kier molecular flexibility index (Phi) is 6.91. The number of ether oxygens (including phenoxy) is 4. The van der Waals surface area contributed by atoms with Crippen molar-refractivity contribution in [3.63, 3.8) is 0 Å². The van der Waals surface area contributed by atoms with Crippen molar-refractivity contribution >= 4 is 12.1 Å². The quantitative estimate of drug-likeness (QED) is 0.586. The van der Waals surface area contributed by atoms with Gasteiger partial charge in [-0.3, -0.25) is 4.90 Å². The molecule has 1 saturated heterocycles. The first kappa shape index (κ1) is 23.1. The molecule has 172 valence electrons. The monoisotopic (exact) mass is 441 g/mol. The summed E-state index contributed by atoms with van der Waals surface area (Å²) in [7, 11) is 1.27. The number of nitrogens with zero attached hydrogens (tertiary/aromatic N) is 1. The van der Waals surface area contributed by atoms with Crippen LogP contribution in [0.25, 0.3) is 0 Å².